The maximum absolute atomic E-state index is 12.2. The van der Waals surface area contributed by atoms with Gasteiger partial charge in [0, 0.05) is 11.3 Å². The highest BCUT2D eigenvalue weighted by atomic mass is 35.5. The summed E-state index contributed by atoms with van der Waals surface area (Å²) in [7, 11) is -3.61. The Hall–Kier alpha value is -2.55. The fraction of sp³-hybridized carbons (Fsp3) is 0.105. The first-order chi connectivity index (χ1) is 13.5. The number of ether oxygens (including phenoxy) is 1. The molecule has 2 N–H and O–H groups in total. The van der Waals surface area contributed by atoms with E-state index in [-0.39, 0.29) is 16.7 Å². The lowest BCUT2D eigenvalue weighted by Crippen LogP contribution is -2.28. The van der Waals surface area contributed by atoms with E-state index in [1.165, 1.54) is 6.07 Å². The predicted octanol–water partition coefficient (Wildman–Crippen LogP) is 4.01. The summed E-state index contributed by atoms with van der Waals surface area (Å²) in [5.74, 6) is 0.274. The lowest BCUT2D eigenvalue weighted by atomic mass is 10.2. The van der Waals surface area contributed by atoms with Crippen LogP contribution in [-0.4, -0.2) is 27.5 Å². The van der Waals surface area contributed by atoms with Crippen molar-refractivity contribution in [1.82, 2.24) is 5.32 Å². The molecule has 3 rings (SSSR count). The van der Waals surface area contributed by atoms with E-state index in [4.69, 9.17) is 16.3 Å². The minimum atomic E-state index is -3.61. The number of sulfonamides is 1. The average Bonchev–Trinajstić information content (AvgIpc) is 3.22. The number of carbonyl (C=O) groups excluding carboxylic acids is 1. The summed E-state index contributed by atoms with van der Waals surface area (Å²) in [6, 6.07) is 16.5. The van der Waals surface area contributed by atoms with E-state index in [1.807, 2.05) is 6.07 Å². The Bertz CT molecular complexity index is 1040. The van der Waals surface area contributed by atoms with Gasteiger partial charge in [0.25, 0.3) is 15.9 Å². The van der Waals surface area contributed by atoms with E-state index in [9.17, 15) is 13.2 Å². The van der Waals surface area contributed by atoms with Crippen molar-refractivity contribution in [3.05, 3.63) is 76.6 Å². The second-order valence-corrected chi connectivity index (χ2v) is 8.91. The molecule has 0 unspecified atom stereocenters. The van der Waals surface area contributed by atoms with E-state index < -0.39 is 10.0 Å². The number of amides is 1. The SMILES string of the molecule is O=C(NCCOc1ccccc1Cl)c1ccc(NS(=O)(=O)c2cccs2)cc1. The molecule has 0 radical (unpaired) electrons. The molecule has 0 atom stereocenters. The molecule has 0 fully saturated rings. The van der Waals surface area contributed by atoms with E-state index in [0.717, 1.165) is 11.3 Å². The van der Waals surface area contributed by atoms with Gasteiger partial charge in [0.05, 0.1) is 11.6 Å². The van der Waals surface area contributed by atoms with Crippen LogP contribution in [0, 0.1) is 0 Å². The molecule has 0 bridgehead atoms. The third kappa shape index (κ3) is 5.25. The zero-order valence-corrected chi connectivity index (χ0v) is 17.0. The molecule has 1 aromatic heterocycles. The first-order valence-electron chi connectivity index (χ1n) is 8.27. The van der Waals surface area contributed by atoms with Gasteiger partial charge in [-0.1, -0.05) is 29.8 Å². The Morgan fingerprint density at radius 2 is 1.79 bits per heavy atom. The summed E-state index contributed by atoms with van der Waals surface area (Å²) in [6.07, 6.45) is 0. The van der Waals surface area contributed by atoms with Crippen LogP contribution in [0.3, 0.4) is 0 Å². The molecule has 0 spiro atoms. The van der Waals surface area contributed by atoms with Gasteiger partial charge in [0.1, 0.15) is 16.6 Å². The summed E-state index contributed by atoms with van der Waals surface area (Å²) in [4.78, 5) is 12.2. The van der Waals surface area contributed by atoms with Crippen molar-refractivity contribution in [3.63, 3.8) is 0 Å². The monoisotopic (exact) mass is 436 g/mol. The predicted molar refractivity (Wildman–Crippen MR) is 111 cm³/mol. The molecule has 6 nitrogen and oxygen atoms in total. The Morgan fingerprint density at radius 3 is 2.46 bits per heavy atom. The number of thiophene rings is 1. The van der Waals surface area contributed by atoms with Crippen LogP contribution in [0.25, 0.3) is 0 Å². The van der Waals surface area contributed by atoms with Crippen molar-refractivity contribution in [2.75, 3.05) is 17.9 Å². The third-order valence-corrected chi connectivity index (χ3v) is 6.73. The number of halogens is 1. The van der Waals surface area contributed by atoms with Gasteiger partial charge >= 0.3 is 0 Å². The van der Waals surface area contributed by atoms with Crippen molar-refractivity contribution in [1.29, 1.82) is 0 Å². The van der Waals surface area contributed by atoms with Gasteiger partial charge in [-0.15, -0.1) is 11.3 Å². The molecular weight excluding hydrogens is 420 g/mol. The van der Waals surface area contributed by atoms with Crippen molar-refractivity contribution in [2.24, 2.45) is 0 Å². The summed E-state index contributed by atoms with van der Waals surface area (Å²) in [6.45, 7) is 0.574. The molecular formula is C19H17ClN2O4S2. The first kappa shape index (κ1) is 20.2. The van der Waals surface area contributed by atoms with E-state index in [0.29, 0.717) is 28.6 Å². The molecule has 146 valence electrons. The Balaban J connectivity index is 1.50. The average molecular weight is 437 g/mol. The summed E-state index contributed by atoms with van der Waals surface area (Å²) in [5.41, 5.74) is 0.795. The molecule has 1 heterocycles. The number of nitrogens with one attached hydrogen (secondary N) is 2. The van der Waals surface area contributed by atoms with Gasteiger partial charge in [0.15, 0.2) is 0 Å². The number of carbonyl (C=O) groups is 1. The smallest absolute Gasteiger partial charge is 0.271 e. The lowest BCUT2D eigenvalue weighted by Gasteiger charge is -2.10. The van der Waals surface area contributed by atoms with Gasteiger partial charge in [-0.3, -0.25) is 9.52 Å². The molecule has 0 aliphatic carbocycles. The van der Waals surface area contributed by atoms with Gasteiger partial charge in [0.2, 0.25) is 0 Å². The Morgan fingerprint density at radius 1 is 1.04 bits per heavy atom. The van der Waals surface area contributed by atoms with Crippen molar-refractivity contribution in [2.45, 2.75) is 4.21 Å². The van der Waals surface area contributed by atoms with Crippen LogP contribution >= 0.6 is 22.9 Å². The van der Waals surface area contributed by atoms with Crippen LogP contribution in [0.15, 0.2) is 70.3 Å². The summed E-state index contributed by atoms with van der Waals surface area (Å²) >= 11 is 7.13. The van der Waals surface area contributed by atoms with Crippen LogP contribution in [0.1, 0.15) is 10.4 Å². The van der Waals surface area contributed by atoms with Gasteiger partial charge in [-0.25, -0.2) is 8.42 Å². The fourth-order valence-electron chi connectivity index (χ4n) is 2.30. The zero-order valence-electron chi connectivity index (χ0n) is 14.6. The number of anilines is 1. The molecule has 0 saturated carbocycles. The molecule has 3 aromatic rings. The fourth-order valence-corrected chi connectivity index (χ4v) is 4.54. The van der Waals surface area contributed by atoms with Gasteiger partial charge < -0.3 is 10.1 Å². The molecule has 28 heavy (non-hydrogen) atoms. The number of benzene rings is 2. The quantitative estimate of drug-likeness (QED) is 0.522. The largest absolute Gasteiger partial charge is 0.490 e. The highest BCUT2D eigenvalue weighted by molar-refractivity contribution is 7.94. The molecule has 9 heteroatoms. The zero-order chi connectivity index (χ0) is 20.0. The molecule has 0 aliphatic rings. The van der Waals surface area contributed by atoms with Gasteiger partial charge in [-0.05, 0) is 47.8 Å². The highest BCUT2D eigenvalue weighted by Gasteiger charge is 2.15. The Kier molecular flexibility index (Phi) is 6.56. The number of hydrogen-bond donors (Lipinski definition) is 2. The standard InChI is InChI=1S/C19H17ClN2O4S2/c20-16-4-1-2-5-17(16)26-12-11-21-19(23)14-7-9-15(10-8-14)22-28(24,25)18-6-3-13-27-18/h1-10,13,22H,11-12H2,(H,21,23). The van der Waals surface area contributed by atoms with E-state index >= 15 is 0 Å². The second-order valence-electron chi connectivity index (χ2n) is 5.65. The minimum absolute atomic E-state index is 0.229. The summed E-state index contributed by atoms with van der Waals surface area (Å²) in [5, 5.41) is 4.94. The lowest BCUT2D eigenvalue weighted by molar-refractivity contribution is 0.0947. The number of hydrogen-bond acceptors (Lipinski definition) is 5. The second kappa shape index (κ2) is 9.09. The van der Waals surface area contributed by atoms with Crippen molar-refractivity contribution in [3.8, 4) is 5.75 Å². The van der Waals surface area contributed by atoms with Crippen LogP contribution in [0.2, 0.25) is 5.02 Å². The highest BCUT2D eigenvalue weighted by Crippen LogP contribution is 2.23. The molecule has 1 amide bonds. The molecule has 0 aliphatic heterocycles. The topological polar surface area (TPSA) is 84.5 Å². The Labute approximate surface area is 172 Å². The number of rotatable bonds is 8. The number of para-hydroxylation sites is 1. The van der Waals surface area contributed by atoms with Crippen molar-refractivity contribution >= 4 is 44.6 Å². The maximum atomic E-state index is 12.2. The molecule has 0 saturated heterocycles. The van der Waals surface area contributed by atoms with Crippen LogP contribution in [0.4, 0.5) is 5.69 Å². The summed E-state index contributed by atoms with van der Waals surface area (Å²) < 4.78 is 32.6. The maximum Gasteiger partial charge on any atom is 0.271 e. The van der Waals surface area contributed by atoms with Crippen LogP contribution < -0.4 is 14.8 Å². The third-order valence-electron chi connectivity index (χ3n) is 3.64. The van der Waals surface area contributed by atoms with Gasteiger partial charge in [-0.2, -0.15) is 0 Å². The first-order valence-corrected chi connectivity index (χ1v) is 11.0. The van der Waals surface area contributed by atoms with E-state index in [1.54, 1.807) is 53.9 Å². The molecule has 2 aromatic carbocycles. The van der Waals surface area contributed by atoms with E-state index in [2.05, 4.69) is 10.0 Å². The van der Waals surface area contributed by atoms with Crippen LogP contribution in [-0.2, 0) is 10.0 Å². The van der Waals surface area contributed by atoms with Crippen LogP contribution in [0.5, 0.6) is 5.75 Å². The minimum Gasteiger partial charge on any atom is -0.490 e. The normalized spacial score (nSPS) is 11.0. The van der Waals surface area contributed by atoms with Crippen molar-refractivity contribution < 1.29 is 17.9 Å².